The maximum atomic E-state index is 12.9. The third-order valence-corrected chi connectivity index (χ3v) is 5.21. The van der Waals surface area contributed by atoms with E-state index in [-0.39, 0.29) is 0 Å². The molecule has 0 fully saturated rings. The lowest BCUT2D eigenvalue weighted by atomic mass is 10.3. The van der Waals surface area contributed by atoms with Gasteiger partial charge in [-0.2, -0.15) is 0 Å². The summed E-state index contributed by atoms with van der Waals surface area (Å²) in [5.41, 5.74) is 0. The van der Waals surface area contributed by atoms with Crippen molar-refractivity contribution in [3.63, 3.8) is 0 Å². The Balaban J connectivity index is 2.70. The summed E-state index contributed by atoms with van der Waals surface area (Å²) in [5.74, 6) is 0. The molecule has 0 amide bonds. The second-order valence-corrected chi connectivity index (χ2v) is 6.84. The molecular weight excluding hydrogens is 243 g/mol. The van der Waals surface area contributed by atoms with E-state index in [1.54, 1.807) is 0 Å². The zero-order valence-corrected chi connectivity index (χ0v) is 12.4. The highest BCUT2D eigenvalue weighted by molar-refractivity contribution is 7.67. The van der Waals surface area contributed by atoms with Gasteiger partial charge in [-0.05, 0) is 25.0 Å². The predicted molar refractivity (Wildman–Crippen MR) is 79.5 cm³/mol. The highest BCUT2D eigenvalue weighted by atomic mass is 31.2. The van der Waals surface area contributed by atoms with E-state index in [1.165, 1.54) is 0 Å². The lowest BCUT2D eigenvalue weighted by molar-refractivity contribution is 0.556. The SMILES string of the molecule is CCCCNP(=O)(NCCCC)c1ccccc1. The molecule has 0 atom stereocenters. The van der Waals surface area contributed by atoms with Crippen molar-refractivity contribution >= 4 is 12.7 Å². The minimum atomic E-state index is -2.63. The summed E-state index contributed by atoms with van der Waals surface area (Å²) in [6.45, 7) is 5.86. The molecule has 0 spiro atoms. The Morgan fingerprint density at radius 2 is 1.44 bits per heavy atom. The second-order valence-electron chi connectivity index (χ2n) is 4.47. The topological polar surface area (TPSA) is 41.1 Å². The van der Waals surface area contributed by atoms with Gasteiger partial charge in [0.1, 0.15) is 0 Å². The lowest BCUT2D eigenvalue weighted by Crippen LogP contribution is -2.31. The molecule has 0 aliphatic carbocycles. The first-order valence-electron chi connectivity index (χ1n) is 6.89. The van der Waals surface area contributed by atoms with Crippen molar-refractivity contribution in [3.05, 3.63) is 30.3 Å². The number of nitrogens with one attached hydrogen (secondary N) is 2. The van der Waals surface area contributed by atoms with Crippen LogP contribution in [0.15, 0.2) is 30.3 Å². The van der Waals surface area contributed by atoms with Crippen LogP contribution in [0.3, 0.4) is 0 Å². The van der Waals surface area contributed by atoms with E-state index >= 15 is 0 Å². The fraction of sp³-hybridized carbons (Fsp3) is 0.571. The molecule has 1 aromatic carbocycles. The van der Waals surface area contributed by atoms with Crippen molar-refractivity contribution in [3.8, 4) is 0 Å². The summed E-state index contributed by atoms with van der Waals surface area (Å²) in [6.07, 6.45) is 4.31. The highest BCUT2D eigenvalue weighted by Gasteiger charge is 2.22. The number of benzene rings is 1. The molecule has 1 aromatic rings. The smallest absolute Gasteiger partial charge is 0.240 e. The lowest BCUT2D eigenvalue weighted by Gasteiger charge is -2.21. The normalized spacial score (nSPS) is 11.7. The third kappa shape index (κ3) is 4.93. The van der Waals surface area contributed by atoms with Crippen LogP contribution in [0.4, 0.5) is 0 Å². The van der Waals surface area contributed by atoms with Crippen molar-refractivity contribution in [2.45, 2.75) is 39.5 Å². The number of rotatable bonds is 9. The van der Waals surface area contributed by atoms with Crippen LogP contribution in [0.1, 0.15) is 39.5 Å². The van der Waals surface area contributed by atoms with Gasteiger partial charge in [0.05, 0.1) is 0 Å². The summed E-state index contributed by atoms with van der Waals surface area (Å²) in [4.78, 5) is 0. The fourth-order valence-electron chi connectivity index (χ4n) is 1.70. The van der Waals surface area contributed by atoms with E-state index in [1.807, 2.05) is 30.3 Å². The van der Waals surface area contributed by atoms with E-state index in [9.17, 15) is 4.57 Å². The monoisotopic (exact) mass is 268 g/mol. The molecule has 2 N–H and O–H groups in total. The van der Waals surface area contributed by atoms with Crippen LogP contribution in [0.25, 0.3) is 0 Å². The van der Waals surface area contributed by atoms with E-state index < -0.39 is 7.44 Å². The predicted octanol–water partition coefficient (Wildman–Crippen LogP) is 3.28. The molecule has 0 bridgehead atoms. The van der Waals surface area contributed by atoms with Crippen molar-refractivity contribution < 1.29 is 4.57 Å². The van der Waals surface area contributed by atoms with E-state index in [2.05, 4.69) is 24.0 Å². The van der Waals surface area contributed by atoms with Gasteiger partial charge in [0.2, 0.25) is 7.44 Å². The zero-order chi connectivity index (χ0) is 13.3. The van der Waals surface area contributed by atoms with Crippen molar-refractivity contribution in [2.75, 3.05) is 13.1 Å². The molecule has 4 heteroatoms. The number of hydrogen-bond donors (Lipinski definition) is 2. The Labute approximate surface area is 111 Å². The molecule has 102 valence electrons. The molecular formula is C14H25N2OP. The average molecular weight is 268 g/mol. The standard InChI is InChI=1S/C14H25N2OP/c1-3-5-12-15-18(17,16-13-6-4-2)14-10-8-7-9-11-14/h7-11H,3-6,12-13H2,1-2H3,(H2,15,16,17). The van der Waals surface area contributed by atoms with Gasteiger partial charge in [-0.1, -0.05) is 44.9 Å². The quantitative estimate of drug-likeness (QED) is 0.533. The third-order valence-electron chi connectivity index (χ3n) is 2.85. The van der Waals surface area contributed by atoms with Crippen LogP contribution >= 0.6 is 7.44 Å². The second kappa shape index (κ2) is 8.47. The summed E-state index contributed by atoms with van der Waals surface area (Å²) in [7, 11) is -2.63. The Morgan fingerprint density at radius 3 is 1.89 bits per heavy atom. The van der Waals surface area contributed by atoms with Gasteiger partial charge < -0.3 is 0 Å². The summed E-state index contributed by atoms with van der Waals surface area (Å²) in [6, 6.07) is 9.68. The summed E-state index contributed by atoms with van der Waals surface area (Å²) >= 11 is 0. The van der Waals surface area contributed by atoms with Crippen molar-refractivity contribution in [1.29, 1.82) is 0 Å². The number of unbranched alkanes of at least 4 members (excludes halogenated alkanes) is 2. The molecule has 18 heavy (non-hydrogen) atoms. The highest BCUT2D eigenvalue weighted by Crippen LogP contribution is 2.34. The zero-order valence-electron chi connectivity index (χ0n) is 11.5. The maximum Gasteiger partial charge on any atom is 0.240 e. The molecule has 1 rings (SSSR count). The van der Waals surface area contributed by atoms with Gasteiger partial charge in [0, 0.05) is 18.4 Å². The van der Waals surface area contributed by atoms with Gasteiger partial charge in [0.25, 0.3) is 0 Å². The summed E-state index contributed by atoms with van der Waals surface area (Å²) < 4.78 is 12.9. The van der Waals surface area contributed by atoms with E-state index in [4.69, 9.17) is 0 Å². The average Bonchev–Trinajstić information content (AvgIpc) is 2.40. The first-order valence-corrected chi connectivity index (χ1v) is 8.59. The molecule has 0 saturated carbocycles. The van der Waals surface area contributed by atoms with E-state index in [0.717, 1.165) is 44.1 Å². The molecule has 3 nitrogen and oxygen atoms in total. The van der Waals surface area contributed by atoms with Crippen LogP contribution < -0.4 is 15.5 Å². The van der Waals surface area contributed by atoms with Gasteiger partial charge in [0.15, 0.2) is 0 Å². The van der Waals surface area contributed by atoms with Crippen LogP contribution in [0.5, 0.6) is 0 Å². The number of hydrogen-bond acceptors (Lipinski definition) is 1. The summed E-state index contributed by atoms with van der Waals surface area (Å²) in [5, 5.41) is 7.31. The molecule has 0 radical (unpaired) electrons. The van der Waals surface area contributed by atoms with Crippen molar-refractivity contribution in [1.82, 2.24) is 10.2 Å². The van der Waals surface area contributed by atoms with Gasteiger partial charge in [-0.3, -0.25) is 14.7 Å². The molecule has 0 aromatic heterocycles. The van der Waals surface area contributed by atoms with Gasteiger partial charge >= 0.3 is 0 Å². The van der Waals surface area contributed by atoms with Crippen LogP contribution in [-0.2, 0) is 4.57 Å². The molecule has 0 heterocycles. The van der Waals surface area contributed by atoms with Crippen molar-refractivity contribution in [2.24, 2.45) is 0 Å². The fourth-order valence-corrected chi connectivity index (χ4v) is 3.72. The minimum Gasteiger partial charge on any atom is -0.284 e. The molecule has 0 aliphatic rings. The van der Waals surface area contributed by atoms with Crippen LogP contribution in [0.2, 0.25) is 0 Å². The maximum absolute atomic E-state index is 12.9. The first-order chi connectivity index (χ1) is 8.73. The molecule has 0 saturated heterocycles. The largest absolute Gasteiger partial charge is 0.284 e. The van der Waals surface area contributed by atoms with Crippen LogP contribution in [-0.4, -0.2) is 13.1 Å². The Bertz CT molecular complexity index is 353. The van der Waals surface area contributed by atoms with Gasteiger partial charge in [-0.25, -0.2) is 0 Å². The Morgan fingerprint density at radius 1 is 0.944 bits per heavy atom. The Hall–Kier alpha value is -0.630. The van der Waals surface area contributed by atoms with Crippen LogP contribution in [0, 0.1) is 0 Å². The van der Waals surface area contributed by atoms with Gasteiger partial charge in [-0.15, -0.1) is 0 Å². The van der Waals surface area contributed by atoms with E-state index in [0.29, 0.717) is 0 Å². The minimum absolute atomic E-state index is 0.793. The first kappa shape index (κ1) is 15.4. The molecule has 0 unspecified atom stereocenters. The molecule has 0 aliphatic heterocycles. The Kier molecular flexibility index (Phi) is 7.26.